The molecule has 1 saturated heterocycles. The van der Waals surface area contributed by atoms with E-state index in [2.05, 4.69) is 20.8 Å². The zero-order valence-electron chi connectivity index (χ0n) is 9.32. The van der Waals surface area contributed by atoms with Gasteiger partial charge in [-0.15, -0.1) is 0 Å². The smallest absolute Gasteiger partial charge is 0.104 e. The lowest BCUT2D eigenvalue weighted by Gasteiger charge is -2.17. The van der Waals surface area contributed by atoms with Crippen molar-refractivity contribution in [2.45, 2.75) is 26.9 Å². The van der Waals surface area contributed by atoms with Crippen LogP contribution in [0.25, 0.3) is 0 Å². The molecule has 14 heavy (non-hydrogen) atoms. The Morgan fingerprint density at radius 1 is 1.29 bits per heavy atom. The summed E-state index contributed by atoms with van der Waals surface area (Å²) in [6, 6.07) is 0. The third-order valence-corrected chi connectivity index (χ3v) is 1.34. The summed E-state index contributed by atoms with van der Waals surface area (Å²) < 4.78 is 10.4. The van der Waals surface area contributed by atoms with Crippen molar-refractivity contribution < 1.29 is 19.7 Å². The molecular weight excluding hydrogens is 184 g/mol. The van der Waals surface area contributed by atoms with E-state index < -0.39 is 0 Å². The molecule has 0 saturated carbocycles. The number of ether oxygens (including phenoxy) is 2. The average molecular weight is 206 g/mol. The number of hydrogen-bond donors (Lipinski definition) is 2. The van der Waals surface area contributed by atoms with Crippen molar-refractivity contribution >= 4 is 0 Å². The van der Waals surface area contributed by atoms with Crippen LogP contribution < -0.4 is 0 Å². The monoisotopic (exact) mass is 206 g/mol. The highest BCUT2D eigenvalue weighted by atomic mass is 16.6. The molecule has 1 aliphatic rings. The van der Waals surface area contributed by atoms with E-state index in [0.29, 0.717) is 6.10 Å². The predicted octanol–water partition coefficient (Wildman–Crippen LogP) is 0.419. The third kappa shape index (κ3) is 11.8. The molecule has 1 heterocycles. The van der Waals surface area contributed by atoms with Crippen LogP contribution in [-0.4, -0.2) is 49.4 Å². The highest BCUT2D eigenvalue weighted by Crippen LogP contribution is 2.15. The van der Waals surface area contributed by atoms with Gasteiger partial charge in [-0.25, -0.2) is 0 Å². The molecule has 0 aromatic heterocycles. The molecule has 4 nitrogen and oxygen atoms in total. The second-order valence-corrected chi connectivity index (χ2v) is 4.48. The van der Waals surface area contributed by atoms with Gasteiger partial charge < -0.3 is 19.7 Å². The first kappa shape index (κ1) is 13.8. The second-order valence-electron chi connectivity index (χ2n) is 4.48. The van der Waals surface area contributed by atoms with Gasteiger partial charge in [0, 0.05) is 0 Å². The van der Waals surface area contributed by atoms with E-state index in [1.165, 1.54) is 0 Å². The fourth-order valence-electron chi connectivity index (χ4n) is 0.661. The standard InChI is InChI=1S/C8H16O2.C2H6O2/c1-8(2,3)6-9-4-7-5-10-7;3-1-2-4/h7H,4-6H2,1-3H3;3-4H,1-2H2. The lowest BCUT2D eigenvalue weighted by atomic mass is 9.99. The van der Waals surface area contributed by atoms with E-state index in [0.717, 1.165) is 19.8 Å². The Hall–Kier alpha value is -0.160. The molecule has 0 aliphatic carbocycles. The van der Waals surface area contributed by atoms with Gasteiger partial charge in [0.05, 0.1) is 33.0 Å². The topological polar surface area (TPSA) is 62.2 Å². The van der Waals surface area contributed by atoms with E-state index in [1.807, 2.05) is 0 Å². The number of aliphatic hydroxyl groups excluding tert-OH is 2. The van der Waals surface area contributed by atoms with Crippen molar-refractivity contribution in [3.63, 3.8) is 0 Å². The van der Waals surface area contributed by atoms with Crippen LogP contribution in [0.2, 0.25) is 0 Å². The van der Waals surface area contributed by atoms with Crippen LogP contribution in [0.1, 0.15) is 20.8 Å². The van der Waals surface area contributed by atoms with Crippen molar-refractivity contribution in [2.24, 2.45) is 5.41 Å². The molecule has 0 amide bonds. The first-order valence-corrected chi connectivity index (χ1v) is 4.90. The van der Waals surface area contributed by atoms with Gasteiger partial charge in [0.1, 0.15) is 6.10 Å². The van der Waals surface area contributed by atoms with Crippen LogP contribution in [0, 0.1) is 5.41 Å². The van der Waals surface area contributed by atoms with Crippen LogP contribution in [0.5, 0.6) is 0 Å². The van der Waals surface area contributed by atoms with Gasteiger partial charge in [-0.1, -0.05) is 20.8 Å². The molecular formula is C10H22O4. The summed E-state index contributed by atoms with van der Waals surface area (Å²) >= 11 is 0. The van der Waals surface area contributed by atoms with E-state index >= 15 is 0 Å². The molecule has 1 aliphatic heterocycles. The SMILES string of the molecule is CC(C)(C)COCC1CO1.OCCO. The minimum absolute atomic E-state index is 0.125. The lowest BCUT2D eigenvalue weighted by Crippen LogP contribution is -2.16. The summed E-state index contributed by atoms with van der Waals surface area (Å²) in [4.78, 5) is 0. The van der Waals surface area contributed by atoms with E-state index in [1.54, 1.807) is 0 Å². The predicted molar refractivity (Wildman–Crippen MR) is 54.2 cm³/mol. The van der Waals surface area contributed by atoms with Gasteiger partial charge in [0.25, 0.3) is 0 Å². The van der Waals surface area contributed by atoms with Gasteiger partial charge in [-0.05, 0) is 5.41 Å². The molecule has 4 heteroatoms. The Bertz CT molecular complexity index is 125. The summed E-state index contributed by atoms with van der Waals surface area (Å²) in [7, 11) is 0. The quantitative estimate of drug-likeness (QED) is 0.654. The minimum Gasteiger partial charge on any atom is -0.394 e. The summed E-state index contributed by atoms with van der Waals surface area (Å²) in [6.45, 7) is 8.75. The fourth-order valence-corrected chi connectivity index (χ4v) is 0.661. The van der Waals surface area contributed by atoms with Crippen molar-refractivity contribution in [3.05, 3.63) is 0 Å². The average Bonchev–Trinajstić information content (AvgIpc) is 2.86. The van der Waals surface area contributed by atoms with Crippen LogP contribution in [0.4, 0.5) is 0 Å². The van der Waals surface area contributed by atoms with Crippen molar-refractivity contribution in [1.82, 2.24) is 0 Å². The maximum absolute atomic E-state index is 7.62. The second kappa shape index (κ2) is 7.17. The molecule has 0 aromatic rings. The van der Waals surface area contributed by atoms with Crippen molar-refractivity contribution in [2.75, 3.05) is 33.0 Å². The van der Waals surface area contributed by atoms with E-state index in [9.17, 15) is 0 Å². The van der Waals surface area contributed by atoms with Crippen molar-refractivity contribution in [1.29, 1.82) is 0 Å². The number of aliphatic hydroxyl groups is 2. The zero-order chi connectivity index (χ0) is 11.0. The first-order valence-electron chi connectivity index (χ1n) is 4.90. The normalized spacial score (nSPS) is 19.9. The highest BCUT2D eigenvalue weighted by molar-refractivity contribution is 4.68. The molecule has 0 spiro atoms. The van der Waals surface area contributed by atoms with Crippen molar-refractivity contribution in [3.8, 4) is 0 Å². The molecule has 1 fully saturated rings. The van der Waals surface area contributed by atoms with E-state index in [4.69, 9.17) is 19.7 Å². The molecule has 0 radical (unpaired) electrons. The Kier molecular flexibility index (Phi) is 7.09. The molecule has 86 valence electrons. The number of epoxide rings is 1. The maximum atomic E-state index is 7.62. The Labute approximate surface area is 85.8 Å². The molecule has 1 atom stereocenters. The summed E-state index contributed by atoms with van der Waals surface area (Å²) in [6.07, 6.45) is 0.405. The summed E-state index contributed by atoms with van der Waals surface area (Å²) in [5.74, 6) is 0. The Morgan fingerprint density at radius 2 is 1.79 bits per heavy atom. The summed E-state index contributed by atoms with van der Waals surface area (Å²) in [5.41, 5.74) is 0.287. The first-order chi connectivity index (χ1) is 6.49. The van der Waals surface area contributed by atoms with Crippen LogP contribution in [-0.2, 0) is 9.47 Å². The maximum Gasteiger partial charge on any atom is 0.104 e. The van der Waals surface area contributed by atoms with Gasteiger partial charge in [-0.2, -0.15) is 0 Å². The lowest BCUT2D eigenvalue weighted by molar-refractivity contribution is 0.0607. The van der Waals surface area contributed by atoms with Gasteiger partial charge in [-0.3, -0.25) is 0 Å². The molecule has 1 rings (SSSR count). The summed E-state index contributed by atoms with van der Waals surface area (Å²) in [5, 5.41) is 15.2. The van der Waals surface area contributed by atoms with Crippen LogP contribution >= 0.6 is 0 Å². The highest BCUT2D eigenvalue weighted by Gasteiger charge is 2.23. The Morgan fingerprint density at radius 3 is 2.07 bits per heavy atom. The molecule has 0 bridgehead atoms. The number of rotatable bonds is 4. The fraction of sp³-hybridized carbons (Fsp3) is 1.00. The molecule has 1 unspecified atom stereocenters. The Balaban J connectivity index is 0.000000364. The minimum atomic E-state index is -0.125. The largest absolute Gasteiger partial charge is 0.394 e. The van der Waals surface area contributed by atoms with Crippen LogP contribution in [0.15, 0.2) is 0 Å². The van der Waals surface area contributed by atoms with Gasteiger partial charge in [0.15, 0.2) is 0 Å². The zero-order valence-corrected chi connectivity index (χ0v) is 9.32. The number of hydrogen-bond acceptors (Lipinski definition) is 4. The van der Waals surface area contributed by atoms with E-state index in [-0.39, 0.29) is 18.6 Å². The molecule has 0 aromatic carbocycles. The third-order valence-electron chi connectivity index (χ3n) is 1.34. The van der Waals surface area contributed by atoms with Gasteiger partial charge >= 0.3 is 0 Å². The molecule has 2 N–H and O–H groups in total. The van der Waals surface area contributed by atoms with Crippen LogP contribution in [0.3, 0.4) is 0 Å². The van der Waals surface area contributed by atoms with Gasteiger partial charge in [0.2, 0.25) is 0 Å².